The Morgan fingerprint density at radius 2 is 2.26 bits per heavy atom. The highest BCUT2D eigenvalue weighted by Crippen LogP contribution is 2.37. The molecule has 2 aliphatic rings. The maximum atomic E-state index is 12.5. The van der Waals surface area contributed by atoms with Gasteiger partial charge in [0.15, 0.2) is 12.4 Å². The van der Waals surface area contributed by atoms with Crippen molar-refractivity contribution in [1.82, 2.24) is 9.47 Å². The molecule has 1 amide bonds. The highest BCUT2D eigenvalue weighted by Gasteiger charge is 2.43. The van der Waals surface area contributed by atoms with Gasteiger partial charge in [0, 0.05) is 39.2 Å². The molecule has 1 saturated heterocycles. The largest absolute Gasteiger partial charge is 0.400 e. The van der Waals surface area contributed by atoms with Gasteiger partial charge in [0.05, 0.1) is 18.3 Å². The molecule has 5 heterocycles. The molecular weight excluding hydrogens is 434 g/mol. The summed E-state index contributed by atoms with van der Waals surface area (Å²) in [6.45, 7) is 0.721. The monoisotopic (exact) mass is 454 g/mol. The van der Waals surface area contributed by atoms with E-state index in [0.29, 0.717) is 24.4 Å². The van der Waals surface area contributed by atoms with Crippen LogP contribution >= 0.6 is 23.1 Å². The quantitative estimate of drug-likeness (QED) is 0.195. The number of esters is 1. The average molecular weight is 455 g/mol. The zero-order valence-electron chi connectivity index (χ0n) is 16.5. The Labute approximate surface area is 186 Å². The van der Waals surface area contributed by atoms with Crippen molar-refractivity contribution in [3.05, 3.63) is 64.4 Å². The minimum atomic E-state index is -0.475. The molecule has 158 valence electrons. The molecule has 0 aromatic carbocycles. The maximum absolute atomic E-state index is 12.5. The first-order valence-corrected chi connectivity index (χ1v) is 11.6. The predicted octanol–water partition coefficient (Wildman–Crippen LogP) is 2.01. The second-order valence-corrected chi connectivity index (χ2v) is 9.57. The van der Waals surface area contributed by atoms with Crippen molar-refractivity contribution in [1.29, 1.82) is 5.41 Å². The third-order valence-corrected chi connectivity index (χ3v) is 7.39. The number of β-lactam (4-membered cyclic amide) rings is 1. The topological polar surface area (TPSA) is 105 Å². The maximum Gasteiger partial charge on any atom is 0.359 e. The molecule has 3 aromatic rings. The molecule has 0 bridgehead atoms. The van der Waals surface area contributed by atoms with E-state index in [9.17, 15) is 9.59 Å². The van der Waals surface area contributed by atoms with Crippen LogP contribution in [0, 0.1) is 5.41 Å². The van der Waals surface area contributed by atoms with Crippen molar-refractivity contribution >= 4 is 51.7 Å². The number of thiophene rings is 1. The summed E-state index contributed by atoms with van der Waals surface area (Å²) >= 11 is 3.22. The highest BCUT2D eigenvalue weighted by molar-refractivity contribution is 8.00. The fourth-order valence-corrected chi connectivity index (χ4v) is 5.69. The van der Waals surface area contributed by atoms with E-state index in [4.69, 9.17) is 15.9 Å². The molecule has 8 nitrogen and oxygen atoms in total. The molecule has 1 atom stereocenters. The zero-order valence-corrected chi connectivity index (χ0v) is 18.1. The smallest absolute Gasteiger partial charge is 0.359 e. The number of rotatable bonds is 6. The summed E-state index contributed by atoms with van der Waals surface area (Å²) in [6, 6.07) is 5.93. The fourth-order valence-electron chi connectivity index (χ4n) is 3.69. The molecule has 1 unspecified atom stereocenters. The van der Waals surface area contributed by atoms with Crippen LogP contribution in [0.15, 0.2) is 53.9 Å². The minimum absolute atomic E-state index is 0.0335. The summed E-state index contributed by atoms with van der Waals surface area (Å²) in [5, 5.41) is 10.6. The molecule has 2 aliphatic heterocycles. The number of nitrogen functional groups attached to an aromatic ring is 1. The van der Waals surface area contributed by atoms with Crippen LogP contribution in [0.25, 0.3) is 10.9 Å². The molecular formula is C21H20N5O3S2+. The van der Waals surface area contributed by atoms with Crippen LogP contribution in [0.4, 0.5) is 0 Å². The lowest BCUT2D eigenvalue weighted by atomic mass is 10.1. The second-order valence-electron chi connectivity index (χ2n) is 7.36. The number of amides is 1. The molecule has 3 N–H and O–H groups in total. The van der Waals surface area contributed by atoms with Crippen LogP contribution in [-0.4, -0.2) is 38.3 Å². The van der Waals surface area contributed by atoms with Crippen molar-refractivity contribution in [2.24, 2.45) is 5.73 Å². The minimum Gasteiger partial charge on any atom is -0.400 e. The molecule has 0 radical (unpaired) electrons. The van der Waals surface area contributed by atoms with E-state index < -0.39 is 5.97 Å². The summed E-state index contributed by atoms with van der Waals surface area (Å²) in [4.78, 5) is 27.0. The number of nitrogens with one attached hydrogen (secondary N) is 1. The molecule has 31 heavy (non-hydrogen) atoms. The van der Waals surface area contributed by atoms with E-state index in [1.165, 1.54) is 4.90 Å². The number of amidine groups is 1. The Kier molecular flexibility index (Phi) is 5.03. The van der Waals surface area contributed by atoms with E-state index in [0.717, 1.165) is 21.3 Å². The van der Waals surface area contributed by atoms with E-state index in [2.05, 4.69) is 4.57 Å². The number of carbonyl (C=O) groups is 2. The molecule has 5 rings (SSSR count). The van der Waals surface area contributed by atoms with Gasteiger partial charge in [-0.1, -0.05) is 0 Å². The summed E-state index contributed by atoms with van der Waals surface area (Å²) in [5.74, 6) is 0.266. The first-order valence-electron chi connectivity index (χ1n) is 9.70. The molecule has 1 fully saturated rings. The van der Waals surface area contributed by atoms with E-state index in [1.54, 1.807) is 33.7 Å². The van der Waals surface area contributed by atoms with Gasteiger partial charge in [-0.05, 0) is 18.2 Å². The van der Waals surface area contributed by atoms with Crippen LogP contribution < -0.4 is 10.3 Å². The number of thioether (sulfide) groups is 1. The van der Waals surface area contributed by atoms with Gasteiger partial charge in [-0.2, -0.15) is 4.57 Å². The van der Waals surface area contributed by atoms with E-state index >= 15 is 0 Å². The summed E-state index contributed by atoms with van der Waals surface area (Å²) < 4.78 is 9.40. The number of nitrogens with zero attached hydrogens (tertiary/aromatic N) is 3. The molecule has 3 aromatic heterocycles. The fraction of sp³-hybridized carbons (Fsp3) is 0.238. The first-order chi connectivity index (χ1) is 15.0. The average Bonchev–Trinajstić information content (AvgIpc) is 3.38. The van der Waals surface area contributed by atoms with Crippen LogP contribution in [-0.2, 0) is 27.6 Å². The van der Waals surface area contributed by atoms with Crippen molar-refractivity contribution in [3.8, 4) is 0 Å². The number of pyridine rings is 1. The predicted molar refractivity (Wildman–Crippen MR) is 118 cm³/mol. The Hall–Kier alpha value is -3.11. The summed E-state index contributed by atoms with van der Waals surface area (Å²) in [6.07, 6.45) is 8.05. The lowest BCUT2D eigenvalue weighted by Crippen LogP contribution is -2.53. The van der Waals surface area contributed by atoms with E-state index in [-0.39, 0.29) is 23.8 Å². The van der Waals surface area contributed by atoms with Crippen LogP contribution in [0.1, 0.15) is 16.9 Å². The molecule has 10 heteroatoms. The van der Waals surface area contributed by atoms with Gasteiger partial charge in [0.1, 0.15) is 17.0 Å². The Morgan fingerprint density at radius 1 is 1.39 bits per heavy atom. The Balaban J connectivity index is 1.30. The number of hydrogen-bond acceptors (Lipinski definition) is 6. The van der Waals surface area contributed by atoms with Crippen molar-refractivity contribution in [3.63, 3.8) is 0 Å². The third kappa shape index (κ3) is 3.72. The molecule has 0 saturated carbocycles. The van der Waals surface area contributed by atoms with E-state index in [1.807, 2.05) is 42.2 Å². The second kappa shape index (κ2) is 7.86. The van der Waals surface area contributed by atoms with Gasteiger partial charge < -0.3 is 15.0 Å². The Morgan fingerprint density at radius 3 is 3.03 bits per heavy atom. The van der Waals surface area contributed by atoms with Gasteiger partial charge in [0.25, 0.3) is 6.73 Å². The first kappa shape index (κ1) is 19.8. The van der Waals surface area contributed by atoms with Crippen LogP contribution in [0.2, 0.25) is 0 Å². The normalized spacial score (nSPS) is 17.8. The van der Waals surface area contributed by atoms with Gasteiger partial charge >= 0.3 is 5.97 Å². The van der Waals surface area contributed by atoms with Gasteiger partial charge in [-0.25, -0.2) is 4.79 Å². The SMILES string of the molecule is N=C(N)c1csc(Cn2ccc3cc[n+](COC(=O)C4=CCSC5CC(=O)N45)cc32)c1. The zero-order chi connectivity index (χ0) is 21.5. The lowest BCUT2D eigenvalue weighted by molar-refractivity contribution is -0.726. The third-order valence-electron chi connectivity index (χ3n) is 5.35. The molecule has 0 spiro atoms. The number of hydrogen-bond donors (Lipinski definition) is 2. The standard InChI is InChI=1S/C21H20N5O3S2/c22-20(23)14-7-15(31-11-14)9-25-5-2-13-1-4-24(10-17(13)25)12-29-21(28)16-3-6-30-19-8-18(27)26(16)19/h1-5,7,10-11,19H,6,8-9,12H2,(H3,22,23)/q+1. The lowest BCUT2D eigenvalue weighted by Gasteiger charge is -2.42. The van der Waals surface area contributed by atoms with Crippen LogP contribution in [0.5, 0.6) is 0 Å². The number of nitrogens with two attached hydrogens (primary N) is 1. The number of fused-ring (bicyclic) bond motifs is 2. The number of carbonyl (C=O) groups excluding carboxylic acids is 2. The molecule has 0 aliphatic carbocycles. The summed E-state index contributed by atoms with van der Waals surface area (Å²) in [5.41, 5.74) is 7.65. The van der Waals surface area contributed by atoms with Crippen molar-refractivity contribution in [2.75, 3.05) is 5.75 Å². The Bertz CT molecular complexity index is 1240. The highest BCUT2D eigenvalue weighted by atomic mass is 32.2. The van der Waals surface area contributed by atoms with Gasteiger partial charge in [-0.15, -0.1) is 23.1 Å². The van der Waals surface area contributed by atoms with Gasteiger partial charge in [-0.3, -0.25) is 15.1 Å². The van der Waals surface area contributed by atoms with Crippen molar-refractivity contribution in [2.45, 2.75) is 25.1 Å². The summed E-state index contributed by atoms with van der Waals surface area (Å²) in [7, 11) is 0. The van der Waals surface area contributed by atoms with Gasteiger partial charge in [0.2, 0.25) is 5.91 Å². The number of ether oxygens (including phenoxy) is 1. The number of aromatic nitrogens is 2. The van der Waals surface area contributed by atoms with Crippen LogP contribution in [0.3, 0.4) is 0 Å². The van der Waals surface area contributed by atoms with Crippen molar-refractivity contribution < 1.29 is 18.9 Å².